The van der Waals surface area contributed by atoms with Gasteiger partial charge in [0.05, 0.1) is 19.4 Å². The maximum Gasteiger partial charge on any atom is 0.239 e. The summed E-state index contributed by atoms with van der Waals surface area (Å²) in [7, 11) is -2.04. The highest BCUT2D eigenvalue weighted by molar-refractivity contribution is 9.10. The van der Waals surface area contributed by atoms with Crippen molar-refractivity contribution >= 4 is 37.5 Å². The quantitative estimate of drug-likeness (QED) is 0.731. The van der Waals surface area contributed by atoms with Gasteiger partial charge in [-0.2, -0.15) is 0 Å². The Morgan fingerprint density at radius 3 is 2.29 bits per heavy atom. The van der Waals surface area contributed by atoms with Crippen molar-refractivity contribution < 1.29 is 17.9 Å². The van der Waals surface area contributed by atoms with Crippen molar-refractivity contribution in [3.63, 3.8) is 0 Å². The number of ether oxygens (including phenoxy) is 1. The van der Waals surface area contributed by atoms with E-state index < -0.39 is 15.9 Å². The standard InChI is InChI=1S/C16H17BrN2O4S/c1-23-15-8-6-14(7-9-15)19-16(20)10-18-24(21,22)11-12-2-4-13(17)5-3-12/h2-9,18H,10-11H2,1H3,(H,19,20). The lowest BCUT2D eigenvalue weighted by molar-refractivity contribution is -0.115. The van der Waals surface area contributed by atoms with Crippen molar-refractivity contribution in [2.45, 2.75) is 5.75 Å². The van der Waals surface area contributed by atoms with Crippen LogP contribution in [0.3, 0.4) is 0 Å². The number of hydrogen-bond acceptors (Lipinski definition) is 4. The van der Waals surface area contributed by atoms with Gasteiger partial charge in [-0.05, 0) is 42.0 Å². The summed E-state index contributed by atoms with van der Waals surface area (Å²) in [5.41, 5.74) is 1.20. The van der Waals surface area contributed by atoms with E-state index in [1.54, 1.807) is 55.6 Å². The number of sulfonamides is 1. The molecule has 0 saturated heterocycles. The van der Waals surface area contributed by atoms with Gasteiger partial charge in [0, 0.05) is 10.2 Å². The van der Waals surface area contributed by atoms with Gasteiger partial charge in [0.25, 0.3) is 0 Å². The Bertz CT molecular complexity index is 790. The van der Waals surface area contributed by atoms with Crippen LogP contribution in [0.15, 0.2) is 53.0 Å². The predicted molar refractivity (Wildman–Crippen MR) is 96.4 cm³/mol. The zero-order chi connectivity index (χ0) is 17.6. The van der Waals surface area contributed by atoms with E-state index in [1.807, 2.05) is 0 Å². The van der Waals surface area contributed by atoms with E-state index in [0.717, 1.165) is 4.47 Å². The SMILES string of the molecule is COc1ccc(NC(=O)CNS(=O)(=O)Cc2ccc(Br)cc2)cc1. The molecule has 0 heterocycles. The number of halogens is 1. The van der Waals surface area contributed by atoms with E-state index in [2.05, 4.69) is 26.0 Å². The molecule has 0 bridgehead atoms. The Hall–Kier alpha value is -1.90. The molecular formula is C16H17BrN2O4S. The molecule has 2 rings (SSSR count). The Balaban J connectivity index is 1.86. The number of hydrogen-bond donors (Lipinski definition) is 2. The van der Waals surface area contributed by atoms with Crippen molar-refractivity contribution in [1.82, 2.24) is 4.72 Å². The zero-order valence-electron chi connectivity index (χ0n) is 13.0. The lowest BCUT2D eigenvalue weighted by Crippen LogP contribution is -2.33. The summed E-state index contributed by atoms with van der Waals surface area (Å²) < 4.78 is 32.2. The van der Waals surface area contributed by atoms with E-state index in [1.165, 1.54) is 0 Å². The van der Waals surface area contributed by atoms with E-state index in [0.29, 0.717) is 17.0 Å². The second kappa shape index (κ2) is 8.27. The molecule has 1 amide bonds. The highest BCUT2D eigenvalue weighted by Gasteiger charge is 2.13. The lowest BCUT2D eigenvalue weighted by atomic mass is 10.2. The number of amides is 1. The Kier molecular flexibility index (Phi) is 6.36. The molecule has 24 heavy (non-hydrogen) atoms. The topological polar surface area (TPSA) is 84.5 Å². The molecule has 0 aromatic heterocycles. The van der Waals surface area contributed by atoms with E-state index in [4.69, 9.17) is 4.74 Å². The molecule has 0 atom stereocenters. The fourth-order valence-electron chi connectivity index (χ4n) is 1.91. The molecule has 0 unspecified atom stereocenters. The zero-order valence-corrected chi connectivity index (χ0v) is 15.4. The van der Waals surface area contributed by atoms with Crippen molar-refractivity contribution in [1.29, 1.82) is 0 Å². The van der Waals surface area contributed by atoms with Gasteiger partial charge in [-0.1, -0.05) is 28.1 Å². The van der Waals surface area contributed by atoms with Gasteiger partial charge in [0.2, 0.25) is 15.9 Å². The molecule has 0 radical (unpaired) electrons. The molecule has 0 fully saturated rings. The first-order chi connectivity index (χ1) is 11.4. The largest absolute Gasteiger partial charge is 0.497 e. The number of methoxy groups -OCH3 is 1. The van der Waals surface area contributed by atoms with Crippen molar-refractivity contribution in [2.24, 2.45) is 0 Å². The first kappa shape index (κ1) is 18.4. The van der Waals surface area contributed by atoms with Gasteiger partial charge in [0.1, 0.15) is 5.75 Å². The number of carbonyl (C=O) groups is 1. The molecule has 128 valence electrons. The van der Waals surface area contributed by atoms with Crippen molar-refractivity contribution in [3.8, 4) is 5.75 Å². The predicted octanol–water partition coefficient (Wildman–Crippen LogP) is 2.52. The van der Waals surface area contributed by atoms with Crippen LogP contribution in [0, 0.1) is 0 Å². The van der Waals surface area contributed by atoms with E-state index in [-0.39, 0.29) is 12.3 Å². The van der Waals surface area contributed by atoms with Crippen molar-refractivity contribution in [3.05, 3.63) is 58.6 Å². The molecule has 6 nitrogen and oxygen atoms in total. The summed E-state index contributed by atoms with van der Waals surface area (Å²) in [5, 5.41) is 2.61. The first-order valence-corrected chi connectivity index (χ1v) is 9.48. The smallest absolute Gasteiger partial charge is 0.239 e. The number of anilines is 1. The summed E-state index contributed by atoms with van der Waals surface area (Å²) in [5.74, 6) is 0.0403. The second-order valence-electron chi connectivity index (χ2n) is 4.98. The van der Waals surface area contributed by atoms with Crippen LogP contribution in [0.25, 0.3) is 0 Å². The molecule has 0 aliphatic carbocycles. The number of benzene rings is 2. The van der Waals surface area contributed by atoms with Crippen LogP contribution in [0.4, 0.5) is 5.69 Å². The van der Waals surface area contributed by atoms with Crippen LogP contribution in [-0.4, -0.2) is 28.0 Å². The average molecular weight is 413 g/mol. The maximum atomic E-state index is 12.0. The van der Waals surface area contributed by atoms with E-state index in [9.17, 15) is 13.2 Å². The van der Waals surface area contributed by atoms with Crippen LogP contribution in [0.2, 0.25) is 0 Å². The van der Waals surface area contributed by atoms with Gasteiger partial charge < -0.3 is 10.1 Å². The normalized spacial score (nSPS) is 11.1. The van der Waals surface area contributed by atoms with Crippen LogP contribution in [0.5, 0.6) is 5.75 Å². The summed E-state index contributed by atoms with van der Waals surface area (Å²) in [6.07, 6.45) is 0. The highest BCUT2D eigenvalue weighted by atomic mass is 79.9. The molecule has 0 saturated carbocycles. The summed E-state index contributed by atoms with van der Waals surface area (Å²) in [4.78, 5) is 11.8. The third kappa shape index (κ3) is 5.95. The molecule has 2 aromatic rings. The third-order valence-electron chi connectivity index (χ3n) is 3.10. The molecule has 2 aromatic carbocycles. The van der Waals surface area contributed by atoms with Gasteiger partial charge in [-0.15, -0.1) is 0 Å². The van der Waals surface area contributed by atoms with Crippen LogP contribution >= 0.6 is 15.9 Å². The minimum absolute atomic E-state index is 0.184. The minimum Gasteiger partial charge on any atom is -0.497 e. The fraction of sp³-hybridized carbons (Fsp3) is 0.188. The maximum absolute atomic E-state index is 12.0. The van der Waals surface area contributed by atoms with Crippen LogP contribution in [-0.2, 0) is 20.6 Å². The van der Waals surface area contributed by atoms with Crippen LogP contribution in [0.1, 0.15) is 5.56 Å². The molecule has 2 N–H and O–H groups in total. The lowest BCUT2D eigenvalue weighted by Gasteiger charge is -2.08. The monoisotopic (exact) mass is 412 g/mol. The van der Waals surface area contributed by atoms with E-state index >= 15 is 0 Å². The van der Waals surface area contributed by atoms with Crippen LogP contribution < -0.4 is 14.8 Å². The molecule has 8 heteroatoms. The highest BCUT2D eigenvalue weighted by Crippen LogP contribution is 2.15. The first-order valence-electron chi connectivity index (χ1n) is 7.04. The van der Waals surface area contributed by atoms with Gasteiger partial charge >= 0.3 is 0 Å². The summed E-state index contributed by atoms with van der Waals surface area (Å²) in [6, 6.07) is 13.7. The van der Waals surface area contributed by atoms with Gasteiger partial charge in [-0.25, -0.2) is 13.1 Å². The second-order valence-corrected chi connectivity index (χ2v) is 7.71. The fourth-order valence-corrected chi connectivity index (χ4v) is 3.25. The Morgan fingerprint density at radius 1 is 1.08 bits per heavy atom. The molecular weight excluding hydrogens is 396 g/mol. The van der Waals surface area contributed by atoms with Gasteiger partial charge in [0.15, 0.2) is 0 Å². The minimum atomic E-state index is -3.59. The molecule has 0 spiro atoms. The summed E-state index contributed by atoms with van der Waals surface area (Å²) >= 11 is 3.29. The third-order valence-corrected chi connectivity index (χ3v) is 4.92. The van der Waals surface area contributed by atoms with Gasteiger partial charge in [-0.3, -0.25) is 4.79 Å². The Morgan fingerprint density at radius 2 is 1.71 bits per heavy atom. The Labute approximate surface area is 149 Å². The number of nitrogens with one attached hydrogen (secondary N) is 2. The van der Waals surface area contributed by atoms with Crippen molar-refractivity contribution in [2.75, 3.05) is 19.0 Å². The number of carbonyl (C=O) groups excluding carboxylic acids is 1. The molecule has 0 aliphatic rings. The molecule has 0 aliphatic heterocycles. The average Bonchev–Trinajstić information content (AvgIpc) is 2.56. The summed E-state index contributed by atoms with van der Waals surface area (Å²) in [6.45, 7) is -0.328. The number of rotatable bonds is 7.